The lowest BCUT2D eigenvalue weighted by Gasteiger charge is -2.09. The highest BCUT2D eigenvalue weighted by Gasteiger charge is 2.11. The first-order chi connectivity index (χ1) is 10.6. The van der Waals surface area contributed by atoms with Crippen molar-refractivity contribution in [1.82, 2.24) is 9.97 Å². The molecule has 6 nitrogen and oxygen atoms in total. The van der Waals surface area contributed by atoms with E-state index < -0.39 is 0 Å². The van der Waals surface area contributed by atoms with Gasteiger partial charge >= 0.3 is 0 Å². The molecule has 116 valence electrons. The summed E-state index contributed by atoms with van der Waals surface area (Å²) in [5.74, 6) is 0.285. The van der Waals surface area contributed by atoms with Gasteiger partial charge in [-0.1, -0.05) is 0 Å². The molecule has 0 saturated carbocycles. The Morgan fingerprint density at radius 3 is 2.68 bits per heavy atom. The van der Waals surface area contributed by atoms with E-state index in [0.29, 0.717) is 30.5 Å². The molecule has 2 aromatic rings. The smallest absolute Gasteiger partial charge is 0.274 e. The van der Waals surface area contributed by atoms with Crippen LogP contribution in [0.2, 0.25) is 0 Å². The second-order valence-corrected chi connectivity index (χ2v) is 4.57. The molecule has 0 aliphatic carbocycles. The van der Waals surface area contributed by atoms with Gasteiger partial charge in [0.1, 0.15) is 23.2 Å². The van der Waals surface area contributed by atoms with E-state index >= 15 is 0 Å². The Morgan fingerprint density at radius 2 is 2.00 bits per heavy atom. The van der Waals surface area contributed by atoms with E-state index in [4.69, 9.17) is 4.74 Å². The number of ether oxygens (including phenoxy) is 1. The van der Waals surface area contributed by atoms with Gasteiger partial charge in [-0.25, -0.2) is 14.4 Å². The van der Waals surface area contributed by atoms with E-state index in [0.717, 1.165) is 0 Å². The van der Waals surface area contributed by atoms with Crippen LogP contribution in [0.25, 0.3) is 0 Å². The van der Waals surface area contributed by atoms with Gasteiger partial charge < -0.3 is 15.4 Å². The Morgan fingerprint density at radius 1 is 1.27 bits per heavy atom. The minimum Gasteiger partial charge on any atom is -0.383 e. The van der Waals surface area contributed by atoms with Crippen LogP contribution < -0.4 is 10.6 Å². The standard InChI is InChI=1S/C15H17FN4O2/c1-10-18-13(9-14(19-10)17-7-8-22-2)15(21)20-12-5-3-11(16)4-6-12/h3-6,9H,7-8H2,1-2H3,(H,20,21)(H,17,18,19). The number of amides is 1. The van der Waals surface area contributed by atoms with Crippen LogP contribution in [0.3, 0.4) is 0 Å². The number of anilines is 2. The number of carbonyl (C=O) groups excluding carboxylic acids is 1. The third-order valence-corrected chi connectivity index (χ3v) is 2.78. The first kappa shape index (κ1) is 15.8. The van der Waals surface area contributed by atoms with Gasteiger partial charge in [-0.2, -0.15) is 0 Å². The summed E-state index contributed by atoms with van der Waals surface area (Å²) in [6.07, 6.45) is 0. The van der Waals surface area contributed by atoms with Gasteiger partial charge in [0.2, 0.25) is 0 Å². The Hall–Kier alpha value is -2.54. The number of hydrogen-bond acceptors (Lipinski definition) is 5. The normalized spacial score (nSPS) is 10.3. The van der Waals surface area contributed by atoms with Crippen LogP contribution in [-0.2, 0) is 4.74 Å². The second-order valence-electron chi connectivity index (χ2n) is 4.57. The highest BCUT2D eigenvalue weighted by atomic mass is 19.1. The van der Waals surface area contributed by atoms with E-state index in [1.807, 2.05) is 0 Å². The molecule has 2 N–H and O–H groups in total. The predicted molar refractivity (Wildman–Crippen MR) is 81.5 cm³/mol. The zero-order valence-corrected chi connectivity index (χ0v) is 12.4. The molecule has 1 heterocycles. The maximum Gasteiger partial charge on any atom is 0.274 e. The molecular formula is C15H17FN4O2. The minimum absolute atomic E-state index is 0.233. The lowest BCUT2D eigenvalue weighted by molar-refractivity contribution is 0.102. The van der Waals surface area contributed by atoms with Crippen LogP contribution >= 0.6 is 0 Å². The largest absolute Gasteiger partial charge is 0.383 e. The monoisotopic (exact) mass is 304 g/mol. The topological polar surface area (TPSA) is 76.1 Å². The molecule has 0 aliphatic rings. The van der Waals surface area contributed by atoms with Crippen LogP contribution in [0.4, 0.5) is 15.9 Å². The van der Waals surface area contributed by atoms with Crippen molar-refractivity contribution < 1.29 is 13.9 Å². The average Bonchev–Trinajstić information content (AvgIpc) is 2.49. The number of aromatic nitrogens is 2. The lowest BCUT2D eigenvalue weighted by Crippen LogP contribution is -2.16. The predicted octanol–water partition coefficient (Wildman–Crippen LogP) is 2.23. The molecule has 0 atom stereocenters. The van der Waals surface area contributed by atoms with Gasteiger partial charge in [-0.05, 0) is 31.2 Å². The summed E-state index contributed by atoms with van der Waals surface area (Å²) < 4.78 is 17.8. The molecular weight excluding hydrogens is 287 g/mol. The molecule has 0 radical (unpaired) electrons. The van der Waals surface area contributed by atoms with Crippen molar-refractivity contribution in [2.24, 2.45) is 0 Å². The van der Waals surface area contributed by atoms with Gasteiger partial charge in [0.25, 0.3) is 5.91 Å². The lowest BCUT2D eigenvalue weighted by atomic mass is 10.3. The summed E-state index contributed by atoms with van der Waals surface area (Å²) in [6.45, 7) is 2.81. The quantitative estimate of drug-likeness (QED) is 0.800. The summed E-state index contributed by atoms with van der Waals surface area (Å²) in [6, 6.07) is 7.08. The molecule has 0 saturated heterocycles. The fourth-order valence-corrected chi connectivity index (χ4v) is 1.78. The van der Waals surface area contributed by atoms with E-state index in [1.165, 1.54) is 24.3 Å². The number of hydrogen-bond donors (Lipinski definition) is 2. The number of nitrogens with one attached hydrogen (secondary N) is 2. The summed E-state index contributed by atoms with van der Waals surface area (Å²) in [4.78, 5) is 20.5. The van der Waals surface area contributed by atoms with Gasteiger partial charge in [0.05, 0.1) is 6.61 Å². The van der Waals surface area contributed by atoms with E-state index in [2.05, 4.69) is 20.6 Å². The van der Waals surface area contributed by atoms with E-state index in [1.54, 1.807) is 20.1 Å². The van der Waals surface area contributed by atoms with Crippen LogP contribution in [-0.4, -0.2) is 36.1 Å². The molecule has 7 heteroatoms. The molecule has 0 aliphatic heterocycles. The van der Waals surface area contributed by atoms with Crippen LogP contribution in [0.1, 0.15) is 16.3 Å². The highest BCUT2D eigenvalue weighted by molar-refractivity contribution is 6.03. The molecule has 0 spiro atoms. The van der Waals surface area contributed by atoms with Crippen molar-refractivity contribution in [3.8, 4) is 0 Å². The van der Waals surface area contributed by atoms with Crippen molar-refractivity contribution in [1.29, 1.82) is 0 Å². The van der Waals surface area contributed by atoms with Crippen LogP contribution in [0.15, 0.2) is 30.3 Å². The first-order valence-electron chi connectivity index (χ1n) is 6.74. The van der Waals surface area contributed by atoms with Gasteiger partial charge in [-0.15, -0.1) is 0 Å². The molecule has 22 heavy (non-hydrogen) atoms. The third-order valence-electron chi connectivity index (χ3n) is 2.78. The maximum absolute atomic E-state index is 12.8. The van der Waals surface area contributed by atoms with Crippen molar-refractivity contribution >= 4 is 17.4 Å². The maximum atomic E-state index is 12.8. The third kappa shape index (κ3) is 4.49. The van der Waals surface area contributed by atoms with Gasteiger partial charge in [-0.3, -0.25) is 4.79 Å². The minimum atomic E-state index is -0.383. The molecule has 1 aromatic heterocycles. The molecule has 1 aromatic carbocycles. The first-order valence-corrected chi connectivity index (χ1v) is 6.74. The van der Waals surface area contributed by atoms with Gasteiger partial charge in [0.15, 0.2) is 0 Å². The van der Waals surface area contributed by atoms with Crippen molar-refractivity contribution in [2.45, 2.75) is 6.92 Å². The summed E-state index contributed by atoms with van der Waals surface area (Å²) in [7, 11) is 1.61. The zero-order valence-electron chi connectivity index (χ0n) is 12.4. The number of carbonyl (C=O) groups is 1. The SMILES string of the molecule is COCCNc1cc(C(=O)Nc2ccc(F)cc2)nc(C)n1. The van der Waals surface area contributed by atoms with Gasteiger partial charge in [0, 0.05) is 25.4 Å². The highest BCUT2D eigenvalue weighted by Crippen LogP contribution is 2.12. The summed E-state index contributed by atoms with van der Waals surface area (Å²) in [5.41, 5.74) is 0.730. The Bertz CT molecular complexity index is 646. The van der Waals surface area contributed by atoms with E-state index in [-0.39, 0.29) is 17.4 Å². The Kier molecular flexibility index (Phi) is 5.37. The average molecular weight is 304 g/mol. The number of benzene rings is 1. The second kappa shape index (κ2) is 7.46. The summed E-state index contributed by atoms with van der Waals surface area (Å²) in [5, 5.41) is 5.71. The van der Waals surface area contributed by atoms with Crippen molar-refractivity contribution in [2.75, 3.05) is 30.9 Å². The number of rotatable bonds is 6. The number of methoxy groups -OCH3 is 1. The number of nitrogens with zero attached hydrogens (tertiary/aromatic N) is 2. The van der Waals surface area contributed by atoms with Crippen molar-refractivity contribution in [3.05, 3.63) is 47.7 Å². The number of aryl methyl sites for hydroxylation is 1. The van der Waals surface area contributed by atoms with E-state index in [9.17, 15) is 9.18 Å². The fraction of sp³-hybridized carbons (Fsp3) is 0.267. The molecule has 0 fully saturated rings. The fourth-order valence-electron chi connectivity index (χ4n) is 1.78. The number of halogens is 1. The van der Waals surface area contributed by atoms with Crippen LogP contribution in [0.5, 0.6) is 0 Å². The Balaban J connectivity index is 2.09. The Labute approximate surface area is 127 Å². The van der Waals surface area contributed by atoms with Crippen LogP contribution in [0, 0.1) is 12.7 Å². The summed E-state index contributed by atoms with van der Waals surface area (Å²) >= 11 is 0. The molecule has 2 rings (SSSR count). The molecule has 0 unspecified atom stereocenters. The molecule has 1 amide bonds. The van der Waals surface area contributed by atoms with Crippen molar-refractivity contribution in [3.63, 3.8) is 0 Å². The molecule has 0 bridgehead atoms. The zero-order chi connectivity index (χ0) is 15.9.